The SMILES string of the molecule is CC(O)(CO)CNC(=O)c1cc2c(s1)CCCCCC2. The van der Waals surface area contributed by atoms with E-state index in [2.05, 4.69) is 5.32 Å². The zero-order valence-electron chi connectivity index (χ0n) is 11.9. The molecule has 1 aromatic rings. The van der Waals surface area contributed by atoms with E-state index in [0.29, 0.717) is 4.88 Å². The average molecular weight is 297 g/mol. The van der Waals surface area contributed by atoms with Gasteiger partial charge in [-0.15, -0.1) is 11.3 Å². The van der Waals surface area contributed by atoms with Crippen molar-refractivity contribution in [3.63, 3.8) is 0 Å². The number of carbonyl (C=O) groups is 1. The Bertz CT molecular complexity index is 442. The van der Waals surface area contributed by atoms with E-state index >= 15 is 0 Å². The predicted molar refractivity (Wildman–Crippen MR) is 80.2 cm³/mol. The van der Waals surface area contributed by atoms with Gasteiger partial charge in [0, 0.05) is 11.4 Å². The van der Waals surface area contributed by atoms with E-state index in [9.17, 15) is 9.90 Å². The first kappa shape index (κ1) is 15.5. The van der Waals surface area contributed by atoms with Crippen LogP contribution in [0.15, 0.2) is 6.07 Å². The van der Waals surface area contributed by atoms with Gasteiger partial charge in [-0.05, 0) is 44.2 Å². The van der Waals surface area contributed by atoms with Gasteiger partial charge in [0.05, 0.1) is 11.5 Å². The third kappa shape index (κ3) is 4.04. The predicted octanol–water partition coefficient (Wildman–Crippen LogP) is 1.88. The molecule has 1 atom stereocenters. The summed E-state index contributed by atoms with van der Waals surface area (Å²) in [7, 11) is 0. The highest BCUT2D eigenvalue weighted by atomic mass is 32.1. The Morgan fingerprint density at radius 1 is 1.35 bits per heavy atom. The van der Waals surface area contributed by atoms with Gasteiger partial charge >= 0.3 is 0 Å². The maximum atomic E-state index is 12.1. The van der Waals surface area contributed by atoms with Crippen LogP contribution in [0, 0.1) is 0 Å². The second-order valence-electron chi connectivity index (χ2n) is 5.81. The van der Waals surface area contributed by atoms with Crippen LogP contribution in [0.5, 0.6) is 0 Å². The lowest BCUT2D eigenvalue weighted by Gasteiger charge is -2.20. The number of aliphatic hydroxyl groups is 2. The highest BCUT2D eigenvalue weighted by molar-refractivity contribution is 7.14. The number of rotatable bonds is 4. The van der Waals surface area contributed by atoms with Crippen LogP contribution in [0.1, 0.15) is 52.7 Å². The summed E-state index contributed by atoms with van der Waals surface area (Å²) in [6.45, 7) is 1.19. The molecule has 0 spiro atoms. The third-order valence-electron chi connectivity index (χ3n) is 3.69. The average Bonchev–Trinajstić information content (AvgIpc) is 2.79. The molecule has 2 rings (SSSR count). The maximum absolute atomic E-state index is 12.1. The smallest absolute Gasteiger partial charge is 0.261 e. The molecule has 0 fully saturated rings. The number of amides is 1. The molecule has 1 amide bonds. The molecule has 3 N–H and O–H groups in total. The first-order valence-electron chi connectivity index (χ1n) is 7.25. The maximum Gasteiger partial charge on any atom is 0.261 e. The fraction of sp³-hybridized carbons (Fsp3) is 0.667. The van der Waals surface area contributed by atoms with E-state index in [1.165, 1.54) is 43.0 Å². The molecule has 20 heavy (non-hydrogen) atoms. The normalized spacial score (nSPS) is 18.6. The first-order valence-corrected chi connectivity index (χ1v) is 8.06. The van der Waals surface area contributed by atoms with Crippen LogP contribution in [-0.4, -0.2) is 34.9 Å². The largest absolute Gasteiger partial charge is 0.393 e. The van der Waals surface area contributed by atoms with Gasteiger partial charge in [-0.1, -0.05) is 12.8 Å². The van der Waals surface area contributed by atoms with E-state index in [1.807, 2.05) is 6.07 Å². The summed E-state index contributed by atoms with van der Waals surface area (Å²) in [6.07, 6.45) is 7.08. The number of aliphatic hydroxyl groups excluding tert-OH is 1. The van der Waals surface area contributed by atoms with Crippen LogP contribution < -0.4 is 5.32 Å². The molecule has 1 unspecified atom stereocenters. The van der Waals surface area contributed by atoms with Gasteiger partial charge in [-0.25, -0.2) is 0 Å². The molecule has 0 saturated carbocycles. The Balaban J connectivity index is 2.01. The molecular formula is C15H23NO3S. The summed E-state index contributed by atoms with van der Waals surface area (Å²) >= 11 is 1.57. The van der Waals surface area contributed by atoms with Crippen molar-refractivity contribution in [2.45, 2.75) is 51.0 Å². The van der Waals surface area contributed by atoms with Crippen LogP contribution in [-0.2, 0) is 12.8 Å². The second-order valence-corrected chi connectivity index (χ2v) is 6.95. The second kappa shape index (κ2) is 6.70. The van der Waals surface area contributed by atoms with Crippen molar-refractivity contribution in [1.29, 1.82) is 0 Å². The molecule has 0 aliphatic heterocycles. The van der Waals surface area contributed by atoms with Gasteiger partial charge in [0.25, 0.3) is 5.91 Å². The zero-order chi connectivity index (χ0) is 14.6. The summed E-state index contributed by atoms with van der Waals surface area (Å²) in [5.74, 6) is -0.157. The summed E-state index contributed by atoms with van der Waals surface area (Å²) in [6, 6.07) is 1.99. The van der Waals surface area contributed by atoms with Gasteiger partial charge in [-0.3, -0.25) is 4.79 Å². The molecule has 1 heterocycles. The standard InChI is InChI=1S/C15H23NO3S/c1-15(19,10-17)9-16-14(18)13-8-11-6-4-2-3-5-7-12(11)20-13/h8,17,19H,2-7,9-10H2,1H3,(H,16,18). The number of hydrogen-bond acceptors (Lipinski definition) is 4. The minimum absolute atomic E-state index is 0.0604. The molecule has 1 aliphatic carbocycles. The Hall–Kier alpha value is -0.910. The zero-order valence-corrected chi connectivity index (χ0v) is 12.8. The number of hydrogen-bond donors (Lipinski definition) is 3. The molecule has 1 aromatic heterocycles. The topological polar surface area (TPSA) is 69.6 Å². The summed E-state index contributed by atoms with van der Waals surface area (Å²) in [5, 5.41) is 21.4. The fourth-order valence-corrected chi connectivity index (χ4v) is 3.54. The van der Waals surface area contributed by atoms with Crippen molar-refractivity contribution in [3.8, 4) is 0 Å². The van der Waals surface area contributed by atoms with E-state index in [1.54, 1.807) is 11.3 Å². The lowest BCUT2D eigenvalue weighted by Crippen LogP contribution is -2.43. The van der Waals surface area contributed by atoms with Crippen LogP contribution in [0.3, 0.4) is 0 Å². The van der Waals surface area contributed by atoms with Gasteiger partial charge in [-0.2, -0.15) is 0 Å². The number of thiophene rings is 1. The van der Waals surface area contributed by atoms with E-state index in [-0.39, 0.29) is 19.1 Å². The van der Waals surface area contributed by atoms with Crippen LogP contribution in [0.4, 0.5) is 0 Å². The minimum atomic E-state index is -1.26. The van der Waals surface area contributed by atoms with Crippen molar-refractivity contribution in [3.05, 3.63) is 21.4 Å². The Morgan fingerprint density at radius 3 is 2.75 bits per heavy atom. The highest BCUT2D eigenvalue weighted by Gasteiger charge is 2.21. The lowest BCUT2D eigenvalue weighted by molar-refractivity contribution is 0.00323. The number of nitrogens with one attached hydrogen (secondary N) is 1. The molecule has 112 valence electrons. The molecule has 0 saturated heterocycles. The van der Waals surface area contributed by atoms with Gasteiger partial charge in [0.2, 0.25) is 0 Å². The summed E-state index contributed by atoms with van der Waals surface area (Å²) in [5.41, 5.74) is 0.0513. The molecule has 0 bridgehead atoms. The van der Waals surface area contributed by atoms with Gasteiger partial charge < -0.3 is 15.5 Å². The summed E-state index contributed by atoms with van der Waals surface area (Å²) < 4.78 is 0. The Kier molecular flexibility index (Phi) is 5.18. The first-order chi connectivity index (χ1) is 9.52. The van der Waals surface area contributed by atoms with Crippen LogP contribution in [0.25, 0.3) is 0 Å². The van der Waals surface area contributed by atoms with Crippen molar-refractivity contribution in [2.24, 2.45) is 0 Å². The van der Waals surface area contributed by atoms with E-state index < -0.39 is 5.60 Å². The molecule has 0 aromatic carbocycles. The third-order valence-corrected chi connectivity index (χ3v) is 4.93. The Morgan fingerprint density at radius 2 is 2.05 bits per heavy atom. The Labute approximate surface area is 123 Å². The van der Waals surface area contributed by atoms with Crippen molar-refractivity contribution >= 4 is 17.2 Å². The van der Waals surface area contributed by atoms with Crippen LogP contribution in [0.2, 0.25) is 0 Å². The van der Waals surface area contributed by atoms with Crippen molar-refractivity contribution in [2.75, 3.05) is 13.2 Å². The summed E-state index contributed by atoms with van der Waals surface area (Å²) in [4.78, 5) is 14.2. The minimum Gasteiger partial charge on any atom is -0.393 e. The van der Waals surface area contributed by atoms with Crippen molar-refractivity contribution < 1.29 is 15.0 Å². The number of fused-ring (bicyclic) bond motifs is 1. The highest BCUT2D eigenvalue weighted by Crippen LogP contribution is 2.28. The molecular weight excluding hydrogens is 274 g/mol. The van der Waals surface area contributed by atoms with Gasteiger partial charge in [0.1, 0.15) is 5.60 Å². The van der Waals surface area contributed by atoms with E-state index in [0.717, 1.165) is 12.8 Å². The lowest BCUT2D eigenvalue weighted by atomic mass is 10.00. The number of carbonyl (C=O) groups excluding carboxylic acids is 1. The number of aryl methyl sites for hydroxylation is 2. The fourth-order valence-electron chi connectivity index (χ4n) is 2.37. The quantitative estimate of drug-likeness (QED) is 0.795. The molecule has 4 nitrogen and oxygen atoms in total. The van der Waals surface area contributed by atoms with Crippen LogP contribution >= 0.6 is 11.3 Å². The van der Waals surface area contributed by atoms with E-state index in [4.69, 9.17) is 5.11 Å². The van der Waals surface area contributed by atoms with Crippen molar-refractivity contribution in [1.82, 2.24) is 5.32 Å². The molecule has 0 radical (unpaired) electrons. The monoisotopic (exact) mass is 297 g/mol. The molecule has 1 aliphatic rings. The molecule has 5 heteroatoms. The van der Waals surface area contributed by atoms with Gasteiger partial charge in [0.15, 0.2) is 0 Å².